The van der Waals surface area contributed by atoms with Gasteiger partial charge in [0.15, 0.2) is 0 Å². The van der Waals surface area contributed by atoms with E-state index in [1.165, 1.54) is 6.42 Å². The van der Waals surface area contributed by atoms with E-state index < -0.39 is 0 Å². The lowest BCUT2D eigenvalue weighted by Crippen LogP contribution is -2.32. The van der Waals surface area contributed by atoms with Crippen LogP contribution in [-0.2, 0) is 11.3 Å². The Morgan fingerprint density at radius 2 is 2.15 bits per heavy atom. The number of hydrogen-bond donors (Lipinski definition) is 1. The fraction of sp³-hybridized carbons (Fsp3) is 0.688. The number of rotatable bonds is 4. The number of pyridine rings is 1. The zero-order valence-corrected chi connectivity index (χ0v) is 13.6. The van der Waals surface area contributed by atoms with Gasteiger partial charge in [-0.05, 0) is 42.7 Å². The Hall–Kier alpha value is -0.800. The molecule has 0 amide bonds. The first kappa shape index (κ1) is 15.6. The van der Waals surface area contributed by atoms with E-state index in [1.54, 1.807) is 0 Å². The predicted octanol–water partition coefficient (Wildman–Crippen LogP) is 4.51. The lowest BCUT2D eigenvalue weighted by Gasteiger charge is -2.38. The molecule has 0 aliphatic heterocycles. The van der Waals surface area contributed by atoms with Crippen LogP contribution in [0.2, 0.25) is 5.02 Å². The Labute approximate surface area is 127 Å². The summed E-state index contributed by atoms with van der Waals surface area (Å²) in [6, 6.07) is 3.74. The maximum Gasteiger partial charge on any atom is 0.126 e. The molecule has 1 aliphatic rings. The van der Waals surface area contributed by atoms with Crippen molar-refractivity contribution in [3.63, 3.8) is 0 Å². The van der Waals surface area contributed by atoms with Crippen LogP contribution in [0.25, 0.3) is 0 Å². The van der Waals surface area contributed by atoms with Crippen LogP contribution < -0.4 is 5.32 Å². The second-order valence-electron chi connectivity index (χ2n) is 6.72. The quantitative estimate of drug-likeness (QED) is 0.888. The van der Waals surface area contributed by atoms with E-state index in [0.29, 0.717) is 23.1 Å². The molecule has 1 aromatic rings. The minimum Gasteiger partial charge on any atom is -0.373 e. The Bertz CT molecular complexity index is 462. The highest BCUT2D eigenvalue weighted by molar-refractivity contribution is 6.31. The van der Waals surface area contributed by atoms with Crippen molar-refractivity contribution < 1.29 is 4.74 Å². The van der Waals surface area contributed by atoms with Gasteiger partial charge in [0.25, 0.3) is 0 Å². The highest BCUT2D eigenvalue weighted by Gasteiger charge is 2.32. The fourth-order valence-electron chi connectivity index (χ4n) is 3.31. The van der Waals surface area contributed by atoms with Gasteiger partial charge in [0.2, 0.25) is 0 Å². The Morgan fingerprint density at radius 3 is 2.80 bits per heavy atom. The molecular formula is C16H25ClN2O. The van der Waals surface area contributed by atoms with Crippen LogP contribution in [0.4, 0.5) is 5.82 Å². The van der Waals surface area contributed by atoms with Gasteiger partial charge in [0.1, 0.15) is 5.82 Å². The normalized spacial score (nSPS) is 25.4. The van der Waals surface area contributed by atoms with Crippen LogP contribution in [0.15, 0.2) is 12.1 Å². The molecule has 1 aliphatic carbocycles. The first-order chi connectivity index (χ1) is 9.39. The standard InChI is InChI=1S/C16H25ClN2O/c1-11-7-12(9-16(2,3)8-11)20-10-14-13(17)5-6-15(18-4)19-14/h5-6,11-12H,7-10H2,1-4H3,(H,18,19). The molecule has 2 unspecified atom stereocenters. The summed E-state index contributed by atoms with van der Waals surface area (Å²) >= 11 is 6.19. The van der Waals surface area contributed by atoms with Crippen LogP contribution in [0.5, 0.6) is 0 Å². The monoisotopic (exact) mass is 296 g/mol. The minimum atomic E-state index is 0.310. The molecule has 112 valence electrons. The molecule has 1 N–H and O–H groups in total. The summed E-state index contributed by atoms with van der Waals surface area (Å²) in [5, 5.41) is 3.70. The van der Waals surface area contributed by atoms with E-state index in [2.05, 4.69) is 31.1 Å². The van der Waals surface area contributed by atoms with Crippen LogP contribution in [0.1, 0.15) is 45.7 Å². The number of anilines is 1. The average Bonchev–Trinajstić information content (AvgIpc) is 2.35. The van der Waals surface area contributed by atoms with Crippen LogP contribution in [-0.4, -0.2) is 18.1 Å². The number of halogens is 1. The van der Waals surface area contributed by atoms with Crippen molar-refractivity contribution in [3.05, 3.63) is 22.8 Å². The molecule has 3 nitrogen and oxygen atoms in total. The third-order valence-corrected chi connectivity index (χ3v) is 4.32. The van der Waals surface area contributed by atoms with E-state index in [0.717, 1.165) is 30.3 Å². The number of aromatic nitrogens is 1. The molecule has 2 atom stereocenters. The first-order valence-corrected chi connectivity index (χ1v) is 7.72. The van der Waals surface area contributed by atoms with Gasteiger partial charge in [0.05, 0.1) is 23.4 Å². The molecule has 0 saturated heterocycles. The summed E-state index contributed by atoms with van der Waals surface area (Å²) in [6.07, 6.45) is 3.83. The van der Waals surface area contributed by atoms with Crippen molar-refractivity contribution in [2.45, 2.75) is 52.7 Å². The van der Waals surface area contributed by atoms with E-state index >= 15 is 0 Å². The van der Waals surface area contributed by atoms with Gasteiger partial charge in [-0.2, -0.15) is 0 Å². The second kappa shape index (κ2) is 6.31. The summed E-state index contributed by atoms with van der Waals surface area (Å²) in [5.41, 5.74) is 1.18. The smallest absolute Gasteiger partial charge is 0.126 e. The Kier molecular flexibility index (Phi) is 4.92. The van der Waals surface area contributed by atoms with Crippen LogP contribution in [0.3, 0.4) is 0 Å². The Balaban J connectivity index is 1.98. The van der Waals surface area contributed by atoms with Crippen molar-refractivity contribution in [2.75, 3.05) is 12.4 Å². The molecule has 1 saturated carbocycles. The molecule has 0 radical (unpaired) electrons. The number of hydrogen-bond acceptors (Lipinski definition) is 3. The zero-order chi connectivity index (χ0) is 14.8. The molecule has 1 aromatic heterocycles. The summed E-state index contributed by atoms with van der Waals surface area (Å²) < 4.78 is 6.08. The summed E-state index contributed by atoms with van der Waals surface area (Å²) in [7, 11) is 1.85. The van der Waals surface area contributed by atoms with Gasteiger partial charge >= 0.3 is 0 Å². The van der Waals surface area contributed by atoms with Gasteiger partial charge in [-0.15, -0.1) is 0 Å². The molecule has 0 aromatic carbocycles. The third-order valence-electron chi connectivity index (χ3n) is 3.98. The third kappa shape index (κ3) is 4.10. The van der Waals surface area contributed by atoms with E-state index in [9.17, 15) is 0 Å². The van der Waals surface area contributed by atoms with Gasteiger partial charge in [-0.3, -0.25) is 0 Å². The van der Waals surface area contributed by atoms with Gasteiger partial charge < -0.3 is 10.1 Å². The van der Waals surface area contributed by atoms with Gasteiger partial charge in [0, 0.05) is 7.05 Å². The van der Waals surface area contributed by atoms with Crippen molar-refractivity contribution in [1.82, 2.24) is 4.98 Å². The first-order valence-electron chi connectivity index (χ1n) is 7.34. The van der Waals surface area contributed by atoms with E-state index in [-0.39, 0.29) is 0 Å². The van der Waals surface area contributed by atoms with Crippen molar-refractivity contribution in [2.24, 2.45) is 11.3 Å². The SMILES string of the molecule is CNc1ccc(Cl)c(COC2CC(C)CC(C)(C)C2)n1. The second-order valence-corrected chi connectivity index (χ2v) is 7.13. The average molecular weight is 297 g/mol. The molecule has 0 bridgehead atoms. The lowest BCUT2D eigenvalue weighted by molar-refractivity contribution is -0.0326. The van der Waals surface area contributed by atoms with Crippen LogP contribution >= 0.6 is 11.6 Å². The predicted molar refractivity (Wildman–Crippen MR) is 84.2 cm³/mol. The van der Waals surface area contributed by atoms with Crippen molar-refractivity contribution in [3.8, 4) is 0 Å². The van der Waals surface area contributed by atoms with Gasteiger partial charge in [-0.1, -0.05) is 32.4 Å². The van der Waals surface area contributed by atoms with E-state index in [1.807, 2.05) is 19.2 Å². The van der Waals surface area contributed by atoms with Crippen molar-refractivity contribution in [1.29, 1.82) is 0 Å². The fourth-order valence-corrected chi connectivity index (χ4v) is 3.47. The maximum absolute atomic E-state index is 6.19. The van der Waals surface area contributed by atoms with Crippen molar-refractivity contribution >= 4 is 17.4 Å². The summed E-state index contributed by atoms with van der Waals surface area (Å²) in [4.78, 5) is 4.46. The van der Waals surface area contributed by atoms with Gasteiger partial charge in [-0.25, -0.2) is 4.98 Å². The summed E-state index contributed by atoms with van der Waals surface area (Å²) in [5.74, 6) is 1.54. The molecule has 20 heavy (non-hydrogen) atoms. The zero-order valence-electron chi connectivity index (χ0n) is 12.9. The highest BCUT2D eigenvalue weighted by Crippen LogP contribution is 2.40. The van der Waals surface area contributed by atoms with Crippen LogP contribution in [0, 0.1) is 11.3 Å². The topological polar surface area (TPSA) is 34.1 Å². The van der Waals surface area contributed by atoms with E-state index in [4.69, 9.17) is 16.3 Å². The minimum absolute atomic E-state index is 0.310. The molecule has 4 heteroatoms. The number of ether oxygens (including phenoxy) is 1. The molecule has 1 heterocycles. The highest BCUT2D eigenvalue weighted by atomic mass is 35.5. The largest absolute Gasteiger partial charge is 0.373 e. The Morgan fingerprint density at radius 1 is 1.40 bits per heavy atom. The summed E-state index contributed by atoms with van der Waals surface area (Å²) in [6.45, 7) is 7.45. The maximum atomic E-state index is 6.19. The number of nitrogens with one attached hydrogen (secondary N) is 1. The molecular weight excluding hydrogens is 272 g/mol. The molecule has 2 rings (SSSR count). The molecule has 0 spiro atoms. The molecule has 1 fully saturated rings. The number of nitrogens with zero attached hydrogens (tertiary/aromatic N) is 1. The lowest BCUT2D eigenvalue weighted by atomic mass is 9.71.